The van der Waals surface area contributed by atoms with Crippen LogP contribution in [0.5, 0.6) is 0 Å². The zero-order chi connectivity index (χ0) is 33.6. The van der Waals surface area contributed by atoms with E-state index in [1.54, 1.807) is 31.3 Å². The Labute approximate surface area is 277 Å². The molecule has 254 valence electrons. The molecule has 1 aromatic carbocycles. The van der Waals surface area contributed by atoms with Crippen LogP contribution in [0.1, 0.15) is 109 Å². The van der Waals surface area contributed by atoms with Gasteiger partial charge in [-0.25, -0.2) is 4.98 Å². The van der Waals surface area contributed by atoms with Crippen molar-refractivity contribution < 1.29 is 29.0 Å². The van der Waals surface area contributed by atoms with Gasteiger partial charge in [0.05, 0.1) is 50.9 Å². The van der Waals surface area contributed by atoms with Crippen molar-refractivity contribution in [2.75, 3.05) is 6.54 Å². The standard InChI is InChI=1S/C36H53N3O6S/c1-7-12-25-33(42)22(2)13-11-17-36(6)30(45-36)20-26(24-15-16-28-27(19-24)38-23(3)46-28)39-31(40)21-29(35(4,5)34(25)43)44-32(41)14-9-8-10-18-37/h7,15-16,19,22,25-26,29-30,33,42H,1,8-14,17-18,20-21,37H2,2-6H3,(H,39,40)/t22-,25+,26-,29-,30-,33-,36+/m0/s1. The van der Waals surface area contributed by atoms with E-state index in [-0.39, 0.29) is 54.6 Å². The lowest BCUT2D eigenvalue weighted by atomic mass is 9.71. The van der Waals surface area contributed by atoms with Gasteiger partial charge in [-0.15, -0.1) is 17.9 Å². The number of hydrogen-bond acceptors (Lipinski definition) is 9. The van der Waals surface area contributed by atoms with Crippen LogP contribution in [0.3, 0.4) is 0 Å². The first-order valence-electron chi connectivity index (χ1n) is 16.9. The zero-order valence-electron chi connectivity index (χ0n) is 28.2. The maximum Gasteiger partial charge on any atom is 0.306 e. The number of esters is 1. The number of aliphatic hydroxyl groups is 1. The summed E-state index contributed by atoms with van der Waals surface area (Å²) in [5, 5.41) is 15.6. The van der Waals surface area contributed by atoms with Crippen molar-refractivity contribution in [1.29, 1.82) is 0 Å². The number of epoxide rings is 1. The summed E-state index contributed by atoms with van der Waals surface area (Å²) in [4.78, 5) is 45.9. The Morgan fingerprint density at radius 1 is 1.26 bits per heavy atom. The molecule has 0 unspecified atom stereocenters. The third-order valence-electron chi connectivity index (χ3n) is 10.00. The summed E-state index contributed by atoms with van der Waals surface area (Å²) >= 11 is 1.63. The highest BCUT2D eigenvalue weighted by Crippen LogP contribution is 2.46. The molecule has 2 fully saturated rings. The summed E-state index contributed by atoms with van der Waals surface area (Å²) in [6.45, 7) is 13.9. The lowest BCUT2D eigenvalue weighted by molar-refractivity contribution is -0.162. The molecule has 2 saturated heterocycles. The SMILES string of the molecule is C=CC[C@H]1C(=O)C(C)(C)[C@@H](OC(=O)CCCCCN)CC(=O)N[C@H](c2ccc3sc(C)nc3c2)C[C@@H]2O[C@]2(C)CCC[C@H](C)[C@@H]1O. The summed E-state index contributed by atoms with van der Waals surface area (Å²) < 4.78 is 13.3. The quantitative estimate of drug-likeness (QED) is 0.127. The van der Waals surface area contributed by atoms with Gasteiger partial charge in [0, 0.05) is 18.8 Å². The molecule has 0 radical (unpaired) electrons. The number of nitrogens with one attached hydrogen (secondary N) is 1. The van der Waals surface area contributed by atoms with Gasteiger partial charge < -0.3 is 25.6 Å². The fourth-order valence-electron chi connectivity index (χ4n) is 6.81. The van der Waals surface area contributed by atoms with Crippen molar-refractivity contribution >= 4 is 39.2 Å². The smallest absolute Gasteiger partial charge is 0.306 e. The molecule has 1 amide bonds. The Kier molecular flexibility index (Phi) is 12.2. The van der Waals surface area contributed by atoms with Crippen molar-refractivity contribution in [3.63, 3.8) is 0 Å². The summed E-state index contributed by atoms with van der Waals surface area (Å²) in [7, 11) is 0. The molecule has 46 heavy (non-hydrogen) atoms. The number of Topliss-reactive ketones (excluding diaryl/α,β-unsaturated/α-hetero) is 1. The van der Waals surface area contributed by atoms with E-state index in [9.17, 15) is 19.5 Å². The van der Waals surface area contributed by atoms with Gasteiger partial charge in [-0.05, 0) is 90.0 Å². The highest BCUT2D eigenvalue weighted by atomic mass is 32.1. The number of carbonyl (C=O) groups excluding carboxylic acids is 3. The zero-order valence-corrected chi connectivity index (χ0v) is 29.0. The number of aryl methyl sites for hydroxylation is 1. The predicted octanol–water partition coefficient (Wildman–Crippen LogP) is 6.10. The van der Waals surface area contributed by atoms with Gasteiger partial charge in [0.1, 0.15) is 11.9 Å². The summed E-state index contributed by atoms with van der Waals surface area (Å²) in [5.41, 5.74) is 5.84. The van der Waals surface area contributed by atoms with E-state index < -0.39 is 29.5 Å². The van der Waals surface area contributed by atoms with Crippen molar-refractivity contribution in [2.24, 2.45) is 23.0 Å². The number of hydrogen-bond donors (Lipinski definition) is 3. The number of nitrogens with zero attached hydrogens (tertiary/aromatic N) is 1. The molecular weight excluding hydrogens is 602 g/mol. The number of fused-ring (bicyclic) bond motifs is 2. The van der Waals surface area contributed by atoms with Gasteiger partial charge in [-0.2, -0.15) is 0 Å². The van der Waals surface area contributed by atoms with Gasteiger partial charge in [0.15, 0.2) is 0 Å². The number of nitrogens with two attached hydrogens (primary N) is 1. The van der Waals surface area contributed by atoms with Crippen LogP contribution in [-0.4, -0.2) is 58.2 Å². The number of carbonyl (C=O) groups is 3. The Morgan fingerprint density at radius 3 is 2.74 bits per heavy atom. The number of thiazole rings is 1. The van der Waals surface area contributed by atoms with Crippen molar-refractivity contribution in [3.05, 3.63) is 41.4 Å². The van der Waals surface area contributed by atoms with E-state index in [1.165, 1.54) is 0 Å². The van der Waals surface area contributed by atoms with E-state index in [0.29, 0.717) is 19.4 Å². The molecule has 2 aliphatic heterocycles. The Hall–Kier alpha value is -2.66. The minimum Gasteiger partial charge on any atom is -0.461 e. The highest BCUT2D eigenvalue weighted by Gasteiger charge is 2.53. The molecule has 10 heteroatoms. The average Bonchev–Trinajstić information content (AvgIpc) is 3.47. The number of allylic oxidation sites excluding steroid dienone is 1. The van der Waals surface area contributed by atoms with E-state index in [4.69, 9.17) is 15.2 Å². The molecule has 0 bridgehead atoms. The van der Waals surface area contributed by atoms with Gasteiger partial charge >= 0.3 is 5.97 Å². The second kappa shape index (κ2) is 15.5. The summed E-state index contributed by atoms with van der Waals surface area (Å²) in [6.07, 6.45) is 5.07. The molecule has 9 nitrogen and oxygen atoms in total. The number of aromatic nitrogens is 1. The molecule has 2 aromatic rings. The van der Waals surface area contributed by atoms with Crippen molar-refractivity contribution in [2.45, 2.75) is 129 Å². The van der Waals surface area contributed by atoms with Gasteiger partial charge in [-0.1, -0.05) is 31.9 Å². The second-order valence-electron chi connectivity index (χ2n) is 14.1. The number of rotatable bonds is 9. The van der Waals surface area contributed by atoms with E-state index in [2.05, 4.69) is 23.8 Å². The van der Waals surface area contributed by atoms with Crippen LogP contribution in [0.2, 0.25) is 0 Å². The minimum atomic E-state index is -1.25. The third kappa shape index (κ3) is 8.82. The second-order valence-corrected chi connectivity index (χ2v) is 15.3. The fourth-order valence-corrected chi connectivity index (χ4v) is 7.62. The highest BCUT2D eigenvalue weighted by molar-refractivity contribution is 7.18. The normalized spacial score (nSPS) is 30.8. The number of amides is 1. The van der Waals surface area contributed by atoms with Crippen LogP contribution in [0.25, 0.3) is 10.2 Å². The first-order valence-corrected chi connectivity index (χ1v) is 17.7. The van der Waals surface area contributed by atoms with Crippen LogP contribution in [0.4, 0.5) is 0 Å². The Bertz CT molecular complexity index is 1390. The van der Waals surface area contributed by atoms with E-state index in [0.717, 1.165) is 52.9 Å². The average molecular weight is 656 g/mol. The third-order valence-corrected chi connectivity index (χ3v) is 10.9. The lowest BCUT2D eigenvalue weighted by Gasteiger charge is -2.37. The summed E-state index contributed by atoms with van der Waals surface area (Å²) in [5.74, 6) is -1.92. The van der Waals surface area contributed by atoms with Gasteiger partial charge in [0.2, 0.25) is 5.91 Å². The lowest BCUT2D eigenvalue weighted by Crippen LogP contribution is -2.49. The van der Waals surface area contributed by atoms with Crippen LogP contribution >= 0.6 is 11.3 Å². The molecule has 0 aliphatic carbocycles. The minimum absolute atomic E-state index is 0.0486. The largest absolute Gasteiger partial charge is 0.461 e. The Morgan fingerprint density at radius 2 is 2.02 bits per heavy atom. The molecule has 0 spiro atoms. The maximum absolute atomic E-state index is 14.3. The van der Waals surface area contributed by atoms with Gasteiger partial charge in [0.25, 0.3) is 0 Å². The number of ether oxygens (including phenoxy) is 2. The van der Waals surface area contributed by atoms with Crippen molar-refractivity contribution in [1.82, 2.24) is 10.3 Å². The number of ketones is 1. The Balaban J connectivity index is 1.67. The van der Waals surface area contributed by atoms with Gasteiger partial charge in [-0.3, -0.25) is 14.4 Å². The fraction of sp³-hybridized carbons (Fsp3) is 0.667. The molecular formula is C36H53N3O6S. The van der Waals surface area contributed by atoms with Crippen molar-refractivity contribution in [3.8, 4) is 0 Å². The first kappa shape index (κ1) is 36.2. The van der Waals surface area contributed by atoms with E-state index >= 15 is 0 Å². The monoisotopic (exact) mass is 655 g/mol. The molecule has 4 N–H and O–H groups in total. The molecule has 1 aromatic heterocycles. The van der Waals surface area contributed by atoms with Crippen LogP contribution in [-0.2, 0) is 23.9 Å². The van der Waals surface area contributed by atoms with Crippen LogP contribution < -0.4 is 11.1 Å². The molecule has 2 aliphatic rings. The van der Waals surface area contributed by atoms with Crippen LogP contribution in [0.15, 0.2) is 30.9 Å². The maximum atomic E-state index is 14.3. The topological polar surface area (TPSA) is 144 Å². The van der Waals surface area contributed by atoms with E-state index in [1.807, 2.05) is 32.0 Å². The van der Waals surface area contributed by atoms with Crippen LogP contribution in [0, 0.1) is 24.2 Å². The summed E-state index contributed by atoms with van der Waals surface area (Å²) in [6, 6.07) is 5.73. The molecule has 0 saturated carbocycles. The number of aliphatic hydroxyl groups excluding tert-OH is 1. The first-order chi connectivity index (χ1) is 21.8. The molecule has 7 atom stereocenters. The number of unbranched alkanes of at least 4 members (excludes halogenated alkanes) is 2. The predicted molar refractivity (Wildman–Crippen MR) is 181 cm³/mol. The molecule has 4 rings (SSSR count). The number of benzene rings is 1. The molecule has 3 heterocycles.